The van der Waals surface area contributed by atoms with Crippen LogP contribution in [0.1, 0.15) is 5.56 Å². The van der Waals surface area contributed by atoms with E-state index >= 15 is 0 Å². The molecule has 0 fully saturated rings. The van der Waals surface area contributed by atoms with Crippen LogP contribution in [0.15, 0.2) is 82.2 Å². The summed E-state index contributed by atoms with van der Waals surface area (Å²) < 4.78 is 39.3. The van der Waals surface area contributed by atoms with E-state index in [2.05, 4.69) is 9.71 Å². The average Bonchev–Trinajstić information content (AvgIpc) is 3.47. The van der Waals surface area contributed by atoms with Crippen LogP contribution < -0.4 is 15.1 Å². The van der Waals surface area contributed by atoms with Gasteiger partial charge in [0.2, 0.25) is 5.89 Å². The van der Waals surface area contributed by atoms with Crippen molar-refractivity contribution in [2.45, 2.75) is 11.5 Å². The molecule has 4 aromatic rings. The van der Waals surface area contributed by atoms with Crippen molar-refractivity contribution in [1.82, 2.24) is 4.98 Å². The minimum Gasteiger partial charge on any atom is -0.436 e. The number of nitrogens with one attached hydrogen (secondary N) is 1. The van der Waals surface area contributed by atoms with Crippen molar-refractivity contribution >= 4 is 34.0 Å². The summed E-state index contributed by atoms with van der Waals surface area (Å²) in [7, 11) is -0.913. The number of hydrogen-bond acceptors (Lipinski definition) is 7. The van der Waals surface area contributed by atoms with Crippen LogP contribution in [-0.2, 0) is 21.3 Å². The van der Waals surface area contributed by atoms with Crippen LogP contribution in [0.2, 0.25) is 0 Å². The Hall–Kier alpha value is -3.60. The molecular formula is C24H22BN3O5S. The van der Waals surface area contributed by atoms with Gasteiger partial charge in [-0.1, -0.05) is 6.07 Å². The van der Waals surface area contributed by atoms with Crippen LogP contribution in [0.4, 0.5) is 11.4 Å². The van der Waals surface area contributed by atoms with Gasteiger partial charge in [0, 0.05) is 36.6 Å². The van der Waals surface area contributed by atoms with E-state index in [4.69, 9.17) is 9.07 Å². The highest BCUT2D eigenvalue weighted by Gasteiger charge is 2.28. The Kier molecular flexibility index (Phi) is 5.64. The Morgan fingerprint density at radius 1 is 1.00 bits per heavy atom. The number of sulfonamides is 1. The Balaban J connectivity index is 1.33. The number of oxazole rings is 1. The zero-order valence-electron chi connectivity index (χ0n) is 18.6. The van der Waals surface area contributed by atoms with Gasteiger partial charge in [0.25, 0.3) is 10.0 Å². The number of fused-ring (bicyclic) bond motifs is 1. The summed E-state index contributed by atoms with van der Waals surface area (Å²) in [6.07, 6.45) is 1.65. The lowest BCUT2D eigenvalue weighted by molar-refractivity contribution is 0.275. The quantitative estimate of drug-likeness (QED) is 0.413. The zero-order valence-corrected chi connectivity index (χ0v) is 19.4. The SMILES string of the molecule is CN(C)c1ccc(-c2cnc(-c3ccc(S(=O)(=O)Nc4ccc5c(c4)B(O)OC5)cc3)o2)cc1. The highest BCUT2D eigenvalue weighted by molar-refractivity contribution is 7.92. The van der Waals surface area contributed by atoms with Crippen molar-refractivity contribution in [3.63, 3.8) is 0 Å². The Bertz CT molecular complexity index is 1430. The first-order valence-electron chi connectivity index (χ1n) is 10.6. The van der Waals surface area contributed by atoms with Crippen molar-refractivity contribution in [1.29, 1.82) is 0 Å². The van der Waals surface area contributed by atoms with E-state index in [0.717, 1.165) is 16.8 Å². The predicted molar refractivity (Wildman–Crippen MR) is 131 cm³/mol. The van der Waals surface area contributed by atoms with Gasteiger partial charge in [0.15, 0.2) is 5.76 Å². The minimum atomic E-state index is -3.82. The molecule has 0 amide bonds. The summed E-state index contributed by atoms with van der Waals surface area (Å²) in [5, 5.41) is 9.85. The van der Waals surface area contributed by atoms with Gasteiger partial charge in [-0.15, -0.1) is 0 Å². The molecule has 1 aromatic heterocycles. The lowest BCUT2D eigenvalue weighted by Crippen LogP contribution is -2.28. The molecule has 0 saturated carbocycles. The van der Waals surface area contributed by atoms with Crippen LogP contribution in [-0.4, -0.2) is 39.6 Å². The van der Waals surface area contributed by atoms with Crippen molar-refractivity contribution < 1.29 is 22.5 Å². The van der Waals surface area contributed by atoms with Gasteiger partial charge < -0.3 is 19.0 Å². The van der Waals surface area contributed by atoms with Crippen LogP contribution in [0.3, 0.4) is 0 Å². The maximum Gasteiger partial charge on any atom is 0.491 e. The van der Waals surface area contributed by atoms with Crippen LogP contribution >= 0.6 is 0 Å². The van der Waals surface area contributed by atoms with Gasteiger partial charge in [-0.2, -0.15) is 0 Å². The smallest absolute Gasteiger partial charge is 0.436 e. The molecular weight excluding hydrogens is 453 g/mol. The zero-order chi connectivity index (χ0) is 23.9. The van der Waals surface area contributed by atoms with Gasteiger partial charge >= 0.3 is 7.12 Å². The van der Waals surface area contributed by atoms with Crippen LogP contribution in [0.5, 0.6) is 0 Å². The predicted octanol–water partition coefficient (Wildman–Crippen LogP) is 3.09. The topological polar surface area (TPSA) is 105 Å². The summed E-state index contributed by atoms with van der Waals surface area (Å²) in [6, 6.07) is 19.2. The molecule has 3 aromatic carbocycles. The number of benzene rings is 3. The van der Waals surface area contributed by atoms with E-state index in [1.54, 1.807) is 36.5 Å². The molecule has 172 valence electrons. The average molecular weight is 475 g/mol. The van der Waals surface area contributed by atoms with E-state index in [-0.39, 0.29) is 4.90 Å². The lowest BCUT2D eigenvalue weighted by atomic mass is 9.79. The summed E-state index contributed by atoms with van der Waals surface area (Å²) in [5.74, 6) is 1.03. The van der Waals surface area contributed by atoms with Crippen molar-refractivity contribution in [3.05, 3.63) is 78.5 Å². The normalized spacial score (nSPS) is 13.1. The number of hydrogen-bond donors (Lipinski definition) is 2. The molecule has 8 nitrogen and oxygen atoms in total. The molecule has 34 heavy (non-hydrogen) atoms. The third-order valence-electron chi connectivity index (χ3n) is 5.65. The van der Waals surface area contributed by atoms with Crippen LogP contribution in [0, 0.1) is 0 Å². The summed E-state index contributed by atoms with van der Waals surface area (Å²) in [5.41, 5.74) is 4.39. The second kappa shape index (κ2) is 8.64. The maximum atomic E-state index is 12.8. The highest BCUT2D eigenvalue weighted by atomic mass is 32.2. The molecule has 0 radical (unpaired) electrons. The third kappa shape index (κ3) is 4.30. The minimum absolute atomic E-state index is 0.0969. The molecule has 0 atom stereocenters. The first-order valence-corrected chi connectivity index (χ1v) is 12.1. The second-order valence-corrected chi connectivity index (χ2v) is 9.86. The van der Waals surface area contributed by atoms with Crippen molar-refractivity contribution in [3.8, 4) is 22.8 Å². The van der Waals surface area contributed by atoms with Crippen molar-refractivity contribution in [2.75, 3.05) is 23.7 Å². The Morgan fingerprint density at radius 3 is 2.41 bits per heavy atom. The molecule has 10 heteroatoms. The Labute approximate surface area is 198 Å². The molecule has 0 spiro atoms. The molecule has 0 saturated heterocycles. The number of aromatic nitrogens is 1. The fraction of sp³-hybridized carbons (Fsp3) is 0.125. The summed E-state index contributed by atoms with van der Waals surface area (Å²) >= 11 is 0. The molecule has 1 aliphatic rings. The van der Waals surface area contributed by atoms with E-state index in [1.165, 1.54) is 12.1 Å². The van der Waals surface area contributed by atoms with E-state index < -0.39 is 17.1 Å². The fourth-order valence-electron chi connectivity index (χ4n) is 3.73. The Morgan fingerprint density at radius 2 is 1.71 bits per heavy atom. The van der Waals surface area contributed by atoms with Gasteiger partial charge in [0.05, 0.1) is 17.7 Å². The fourth-order valence-corrected chi connectivity index (χ4v) is 4.78. The van der Waals surface area contributed by atoms with Gasteiger partial charge in [-0.25, -0.2) is 13.4 Å². The van der Waals surface area contributed by atoms with E-state index in [9.17, 15) is 13.4 Å². The summed E-state index contributed by atoms with van der Waals surface area (Å²) in [4.78, 5) is 6.46. The first-order chi connectivity index (χ1) is 16.3. The number of rotatable bonds is 6. The molecule has 5 rings (SSSR count). The standard InChI is InChI=1S/C24H22BN3O5S/c1-28(2)20-9-4-16(5-10-20)23-14-26-24(33-23)17-6-11-21(12-7-17)34(30,31)27-19-8-3-18-15-32-25(29)22(18)13-19/h3-14,27,29H,15H2,1-2H3. The lowest BCUT2D eigenvalue weighted by Gasteiger charge is -2.11. The maximum absolute atomic E-state index is 12.8. The molecule has 1 aliphatic heterocycles. The largest absolute Gasteiger partial charge is 0.491 e. The van der Waals surface area contributed by atoms with E-state index in [1.807, 2.05) is 43.3 Å². The van der Waals surface area contributed by atoms with E-state index in [0.29, 0.717) is 35.0 Å². The molecule has 2 N–H and O–H groups in total. The molecule has 0 aliphatic carbocycles. The second-order valence-electron chi connectivity index (χ2n) is 8.18. The van der Waals surface area contributed by atoms with Crippen molar-refractivity contribution in [2.24, 2.45) is 0 Å². The van der Waals surface area contributed by atoms with Gasteiger partial charge in [-0.05, 0) is 71.7 Å². The first kappa shape index (κ1) is 22.2. The molecule has 0 bridgehead atoms. The summed E-state index contributed by atoms with van der Waals surface area (Å²) in [6.45, 7) is 0.301. The molecule has 2 heterocycles. The number of anilines is 2. The van der Waals surface area contributed by atoms with Gasteiger partial charge in [-0.3, -0.25) is 4.72 Å². The number of nitrogens with zero attached hydrogens (tertiary/aromatic N) is 2. The highest BCUT2D eigenvalue weighted by Crippen LogP contribution is 2.28. The molecule has 0 unspecified atom stereocenters. The monoisotopic (exact) mass is 475 g/mol. The third-order valence-corrected chi connectivity index (χ3v) is 7.04. The van der Waals surface area contributed by atoms with Crippen LogP contribution in [0.25, 0.3) is 22.8 Å². The van der Waals surface area contributed by atoms with Gasteiger partial charge in [0.1, 0.15) is 0 Å².